The van der Waals surface area contributed by atoms with Gasteiger partial charge in [0.1, 0.15) is 5.75 Å². The summed E-state index contributed by atoms with van der Waals surface area (Å²) in [6.45, 7) is 3.42. The zero-order chi connectivity index (χ0) is 22.6. The molecule has 0 bridgehead atoms. The van der Waals surface area contributed by atoms with E-state index in [0.29, 0.717) is 18.7 Å². The van der Waals surface area contributed by atoms with Crippen LogP contribution in [0.15, 0.2) is 60.2 Å². The number of carbonyl (C=O) groups excluding carboxylic acids is 2. The molecular weight excluding hydrogens is 402 g/mol. The molecule has 0 fully saturated rings. The maximum atomic E-state index is 13.5. The van der Waals surface area contributed by atoms with Crippen LogP contribution in [0.5, 0.6) is 5.75 Å². The number of esters is 1. The highest BCUT2D eigenvalue weighted by Crippen LogP contribution is 2.46. The molecule has 5 heteroatoms. The van der Waals surface area contributed by atoms with E-state index in [4.69, 9.17) is 9.47 Å². The molecule has 0 aromatic heterocycles. The normalized spacial score (nSPS) is 19.8. The van der Waals surface area contributed by atoms with Crippen LogP contribution in [0, 0.1) is 5.41 Å². The summed E-state index contributed by atoms with van der Waals surface area (Å²) < 4.78 is 10.7. The first-order valence-electron chi connectivity index (χ1n) is 11.5. The molecule has 1 unspecified atom stereocenters. The van der Waals surface area contributed by atoms with Crippen molar-refractivity contribution < 1.29 is 19.1 Å². The van der Waals surface area contributed by atoms with Crippen molar-refractivity contribution in [1.29, 1.82) is 0 Å². The molecule has 2 aliphatic rings. The molecule has 4 rings (SSSR count). The van der Waals surface area contributed by atoms with E-state index in [1.165, 1.54) is 7.11 Å². The summed E-state index contributed by atoms with van der Waals surface area (Å²) in [5, 5.41) is 0. The summed E-state index contributed by atoms with van der Waals surface area (Å²) >= 11 is 0. The Labute approximate surface area is 190 Å². The number of para-hydroxylation sites is 1. The number of allylic oxidation sites excluding steroid dienone is 1. The number of ether oxygens (including phenoxy) is 2. The predicted octanol–water partition coefficient (Wildman–Crippen LogP) is 5.34. The quantitative estimate of drug-likeness (QED) is 0.456. The van der Waals surface area contributed by atoms with E-state index in [-0.39, 0.29) is 17.3 Å². The van der Waals surface area contributed by atoms with Crippen LogP contribution >= 0.6 is 0 Å². The Bertz CT molecular complexity index is 1010. The number of unbranched alkanes of at least 4 members (excludes halogenated alkanes) is 1. The number of anilines is 1. The van der Waals surface area contributed by atoms with Crippen LogP contribution in [-0.2, 0) is 16.0 Å². The fourth-order valence-electron chi connectivity index (χ4n) is 4.77. The molecule has 32 heavy (non-hydrogen) atoms. The minimum Gasteiger partial charge on any atom is -0.494 e. The zero-order valence-electron chi connectivity index (χ0n) is 18.9. The molecule has 1 amide bonds. The Balaban J connectivity index is 1.57. The van der Waals surface area contributed by atoms with Crippen molar-refractivity contribution in [1.82, 2.24) is 0 Å². The summed E-state index contributed by atoms with van der Waals surface area (Å²) in [6.07, 6.45) is 7.46. The molecule has 0 saturated heterocycles. The number of hydrogen-bond acceptors (Lipinski definition) is 4. The second-order valence-electron chi connectivity index (χ2n) is 8.76. The third-order valence-electron chi connectivity index (χ3n) is 6.59. The number of benzene rings is 2. The van der Waals surface area contributed by atoms with Gasteiger partial charge in [-0.2, -0.15) is 0 Å². The van der Waals surface area contributed by atoms with Crippen LogP contribution in [-0.4, -0.2) is 32.1 Å². The fourth-order valence-corrected chi connectivity index (χ4v) is 4.77. The van der Waals surface area contributed by atoms with Gasteiger partial charge in [0.05, 0.1) is 13.7 Å². The minimum absolute atomic E-state index is 0.00947. The molecule has 5 nitrogen and oxygen atoms in total. The van der Waals surface area contributed by atoms with Crippen molar-refractivity contribution in [2.75, 3.05) is 25.2 Å². The molecule has 0 radical (unpaired) electrons. The first-order chi connectivity index (χ1) is 15.5. The highest BCUT2D eigenvalue weighted by atomic mass is 16.5. The molecule has 2 aromatic carbocycles. The molecule has 1 aliphatic carbocycles. The van der Waals surface area contributed by atoms with Gasteiger partial charge in [-0.05, 0) is 73.4 Å². The Morgan fingerprint density at radius 1 is 1.06 bits per heavy atom. The van der Waals surface area contributed by atoms with Crippen molar-refractivity contribution in [3.63, 3.8) is 0 Å². The average Bonchev–Trinajstić information content (AvgIpc) is 3.16. The van der Waals surface area contributed by atoms with Crippen LogP contribution in [0.1, 0.15) is 54.9 Å². The smallest absolute Gasteiger partial charge is 0.333 e. The lowest BCUT2D eigenvalue weighted by molar-refractivity contribution is -0.136. The SMILES string of the molecule is CCCCOc1ccc(C(=O)N2CCC3(C=C(C(=O)OC)CC3)Cc3ccccc32)cc1. The van der Waals surface area contributed by atoms with E-state index in [9.17, 15) is 9.59 Å². The van der Waals surface area contributed by atoms with Gasteiger partial charge in [-0.25, -0.2) is 4.79 Å². The van der Waals surface area contributed by atoms with Gasteiger partial charge >= 0.3 is 5.97 Å². The van der Waals surface area contributed by atoms with Gasteiger partial charge in [0.15, 0.2) is 0 Å². The summed E-state index contributed by atoms with van der Waals surface area (Å²) in [6, 6.07) is 15.5. The molecule has 1 heterocycles. The standard InChI is InChI=1S/C27H31NO4/c1-3-4-17-32-23-11-9-20(10-12-23)25(29)28-16-15-27(14-13-22(19-27)26(30)31-2)18-21-7-5-6-8-24(21)28/h5-12,19H,3-4,13-18H2,1-2H3. The summed E-state index contributed by atoms with van der Waals surface area (Å²) in [7, 11) is 1.43. The number of hydrogen-bond donors (Lipinski definition) is 0. The first-order valence-corrected chi connectivity index (χ1v) is 11.5. The Morgan fingerprint density at radius 3 is 2.59 bits per heavy atom. The van der Waals surface area contributed by atoms with Crippen LogP contribution < -0.4 is 9.64 Å². The van der Waals surface area contributed by atoms with E-state index in [2.05, 4.69) is 19.1 Å². The number of methoxy groups -OCH3 is 1. The van der Waals surface area contributed by atoms with Crippen LogP contribution in [0.4, 0.5) is 5.69 Å². The van der Waals surface area contributed by atoms with E-state index in [0.717, 1.165) is 61.1 Å². The number of carbonyl (C=O) groups is 2. The summed E-state index contributed by atoms with van der Waals surface area (Å²) in [4.78, 5) is 27.5. The molecule has 168 valence electrons. The maximum absolute atomic E-state index is 13.5. The Morgan fingerprint density at radius 2 is 1.84 bits per heavy atom. The van der Waals surface area contributed by atoms with Gasteiger partial charge in [0, 0.05) is 23.4 Å². The van der Waals surface area contributed by atoms with Gasteiger partial charge in [-0.3, -0.25) is 4.79 Å². The van der Waals surface area contributed by atoms with Crippen molar-refractivity contribution >= 4 is 17.6 Å². The van der Waals surface area contributed by atoms with Crippen LogP contribution in [0.3, 0.4) is 0 Å². The molecular formula is C27H31NO4. The molecule has 1 atom stereocenters. The fraction of sp³-hybridized carbons (Fsp3) is 0.407. The second-order valence-corrected chi connectivity index (χ2v) is 8.76. The van der Waals surface area contributed by atoms with E-state index >= 15 is 0 Å². The van der Waals surface area contributed by atoms with Gasteiger partial charge in [-0.1, -0.05) is 37.6 Å². The van der Waals surface area contributed by atoms with Crippen molar-refractivity contribution in [2.24, 2.45) is 5.41 Å². The molecule has 1 spiro atoms. The van der Waals surface area contributed by atoms with Gasteiger partial charge in [0.2, 0.25) is 0 Å². The van der Waals surface area contributed by atoms with E-state index in [1.807, 2.05) is 47.4 Å². The van der Waals surface area contributed by atoms with E-state index < -0.39 is 0 Å². The molecule has 1 aliphatic heterocycles. The van der Waals surface area contributed by atoms with Crippen molar-refractivity contribution in [3.05, 3.63) is 71.3 Å². The monoisotopic (exact) mass is 433 g/mol. The Hall–Kier alpha value is -3.08. The molecule has 0 saturated carbocycles. The lowest BCUT2D eigenvalue weighted by Gasteiger charge is -2.26. The predicted molar refractivity (Wildman–Crippen MR) is 125 cm³/mol. The first kappa shape index (κ1) is 22.1. The number of fused-ring (bicyclic) bond motifs is 1. The largest absolute Gasteiger partial charge is 0.494 e. The van der Waals surface area contributed by atoms with E-state index in [1.54, 1.807) is 0 Å². The highest BCUT2D eigenvalue weighted by molar-refractivity contribution is 6.06. The summed E-state index contributed by atoms with van der Waals surface area (Å²) in [5.41, 5.74) is 3.38. The average molecular weight is 434 g/mol. The minimum atomic E-state index is -0.242. The van der Waals surface area contributed by atoms with Crippen molar-refractivity contribution in [2.45, 2.75) is 45.4 Å². The number of amides is 1. The zero-order valence-corrected chi connectivity index (χ0v) is 18.9. The van der Waals surface area contributed by atoms with Crippen molar-refractivity contribution in [3.8, 4) is 5.75 Å². The second kappa shape index (κ2) is 9.60. The molecule has 0 N–H and O–H groups in total. The van der Waals surface area contributed by atoms with Gasteiger partial charge in [-0.15, -0.1) is 0 Å². The van der Waals surface area contributed by atoms with Gasteiger partial charge in [0.25, 0.3) is 5.91 Å². The highest BCUT2D eigenvalue weighted by Gasteiger charge is 2.39. The van der Waals surface area contributed by atoms with Crippen LogP contribution in [0.2, 0.25) is 0 Å². The number of rotatable bonds is 6. The Kier molecular flexibility index (Phi) is 6.63. The topological polar surface area (TPSA) is 55.8 Å². The van der Waals surface area contributed by atoms with Gasteiger partial charge < -0.3 is 14.4 Å². The lowest BCUT2D eigenvalue weighted by Crippen LogP contribution is -2.33. The van der Waals surface area contributed by atoms with Crippen LogP contribution in [0.25, 0.3) is 0 Å². The third kappa shape index (κ3) is 4.57. The third-order valence-corrected chi connectivity index (χ3v) is 6.59. The lowest BCUT2D eigenvalue weighted by atomic mass is 9.79. The number of nitrogens with zero attached hydrogens (tertiary/aromatic N) is 1. The molecule has 2 aromatic rings. The summed E-state index contributed by atoms with van der Waals surface area (Å²) in [5.74, 6) is 0.537. The maximum Gasteiger partial charge on any atom is 0.333 e.